The van der Waals surface area contributed by atoms with Crippen LogP contribution >= 0.6 is 0 Å². The normalized spacial score (nSPS) is 19.2. The van der Waals surface area contributed by atoms with Gasteiger partial charge < -0.3 is 29.8 Å². The Bertz CT molecular complexity index is 1750. The second-order valence-corrected chi connectivity index (χ2v) is 12.7. The third-order valence-corrected chi connectivity index (χ3v) is 9.51. The van der Waals surface area contributed by atoms with E-state index < -0.39 is 0 Å². The Morgan fingerprint density at radius 1 is 1.04 bits per heavy atom. The van der Waals surface area contributed by atoms with Crippen LogP contribution in [0.3, 0.4) is 0 Å². The van der Waals surface area contributed by atoms with Gasteiger partial charge in [-0.25, -0.2) is 15.2 Å². The molecule has 0 radical (unpaired) electrons. The molecule has 3 aromatic heterocycles. The molecule has 4 aromatic rings. The summed E-state index contributed by atoms with van der Waals surface area (Å²) in [7, 11) is 1.76. The van der Waals surface area contributed by atoms with Crippen LogP contribution in [0.25, 0.3) is 27.8 Å². The van der Waals surface area contributed by atoms with Gasteiger partial charge in [0.2, 0.25) is 5.91 Å². The average molecular weight is 613 g/mol. The zero-order valence-electron chi connectivity index (χ0n) is 26.0. The molecule has 2 aliphatic heterocycles. The number of carbonyl (C=O) groups excluding carboxylic acids is 1. The number of ether oxygens (including phenoxy) is 1. The third-order valence-electron chi connectivity index (χ3n) is 9.51. The molecule has 5 heterocycles. The zero-order chi connectivity index (χ0) is 31.2. The van der Waals surface area contributed by atoms with E-state index in [0.29, 0.717) is 43.6 Å². The van der Waals surface area contributed by atoms with Crippen LogP contribution < -0.4 is 16.5 Å². The Morgan fingerprint density at radius 3 is 2.40 bits per heavy atom. The third kappa shape index (κ3) is 5.59. The highest BCUT2D eigenvalue weighted by molar-refractivity contribution is 6.05. The predicted molar refractivity (Wildman–Crippen MR) is 173 cm³/mol. The second kappa shape index (κ2) is 11.9. The maximum Gasteiger partial charge on any atom is 0.225 e. The minimum absolute atomic E-state index is 0.135. The summed E-state index contributed by atoms with van der Waals surface area (Å²) in [4.78, 5) is 27.3. The van der Waals surface area contributed by atoms with Crippen molar-refractivity contribution in [3.8, 4) is 0 Å². The van der Waals surface area contributed by atoms with E-state index in [1.165, 1.54) is 17.1 Å². The Balaban J connectivity index is 1.39. The smallest absolute Gasteiger partial charge is 0.225 e. The fourth-order valence-electron chi connectivity index (χ4n) is 7.13. The van der Waals surface area contributed by atoms with Crippen molar-refractivity contribution >= 4 is 39.5 Å². The van der Waals surface area contributed by atoms with Gasteiger partial charge in [0.25, 0.3) is 0 Å². The number of hydrogen-bond donors (Lipinski definition) is 2. The number of pyridine rings is 2. The van der Waals surface area contributed by atoms with Crippen molar-refractivity contribution in [2.75, 3.05) is 51.3 Å². The number of hydrazine groups is 1. The molecule has 1 atom stereocenters. The number of amides is 1. The van der Waals surface area contributed by atoms with Crippen molar-refractivity contribution in [1.82, 2.24) is 24.4 Å². The molecule has 2 saturated heterocycles. The fraction of sp³-hybridized carbons (Fsp3) is 0.441. The van der Waals surface area contributed by atoms with E-state index in [9.17, 15) is 9.18 Å². The standard InChI is InChI=1S/C34H41FN8O2/c1-21(36)31(40(2)37)25-19-28-30(38-20-25)27-9-10-29(41-13-15-42(16-14-41)34(44)24-3-4-24)39-33(27)43(28)32(23-11-17-45-18-12-23)22-5-7-26(35)8-6-22/h5-10,19-20,23-24,32H,3-4,11-18,36-37H2,1-2H3/b31-21-/t32-/m1/s1. The first kappa shape index (κ1) is 29.5. The minimum Gasteiger partial charge on any atom is -0.401 e. The van der Waals surface area contributed by atoms with Crippen molar-refractivity contribution in [1.29, 1.82) is 0 Å². The summed E-state index contributed by atoms with van der Waals surface area (Å²) in [5, 5.41) is 2.46. The van der Waals surface area contributed by atoms with Crippen LogP contribution in [0.5, 0.6) is 0 Å². The van der Waals surface area contributed by atoms with Gasteiger partial charge in [-0.2, -0.15) is 0 Å². The van der Waals surface area contributed by atoms with E-state index in [1.54, 1.807) is 7.05 Å². The van der Waals surface area contributed by atoms with Crippen molar-refractivity contribution in [3.63, 3.8) is 0 Å². The van der Waals surface area contributed by atoms with Crippen LogP contribution in [-0.4, -0.2) is 76.8 Å². The van der Waals surface area contributed by atoms with Crippen LogP contribution in [0.2, 0.25) is 0 Å². The number of aromatic nitrogens is 3. The predicted octanol–water partition coefficient (Wildman–Crippen LogP) is 4.25. The molecule has 1 aliphatic carbocycles. The lowest BCUT2D eigenvalue weighted by Gasteiger charge is -2.36. The van der Waals surface area contributed by atoms with Gasteiger partial charge in [0.15, 0.2) is 0 Å². The molecule has 7 rings (SSSR count). The maximum atomic E-state index is 14.2. The fourth-order valence-corrected chi connectivity index (χ4v) is 7.13. The van der Waals surface area contributed by atoms with Gasteiger partial charge in [-0.3, -0.25) is 9.78 Å². The lowest BCUT2D eigenvalue weighted by molar-refractivity contribution is -0.132. The van der Waals surface area contributed by atoms with Crippen LogP contribution in [0, 0.1) is 17.7 Å². The SMILES string of the molecule is C/C(N)=C(\c1cnc2c3ccc(N4CCN(C(=O)C5CC5)CC4)nc3n([C@H](c3ccc(F)cc3)C3CCOCC3)c2c1)N(C)N. The first-order valence-corrected chi connectivity index (χ1v) is 15.9. The Hall–Kier alpha value is -4.22. The Morgan fingerprint density at radius 2 is 1.76 bits per heavy atom. The number of benzene rings is 1. The van der Waals surface area contributed by atoms with E-state index in [-0.39, 0.29) is 23.7 Å². The van der Waals surface area contributed by atoms with Gasteiger partial charge in [-0.15, -0.1) is 0 Å². The molecule has 1 amide bonds. The van der Waals surface area contributed by atoms with Crippen molar-refractivity contribution in [3.05, 3.63) is 71.3 Å². The summed E-state index contributed by atoms with van der Waals surface area (Å²) in [5.74, 6) is 7.59. The summed E-state index contributed by atoms with van der Waals surface area (Å²) >= 11 is 0. The van der Waals surface area contributed by atoms with Gasteiger partial charge in [-0.05, 0) is 74.4 Å². The highest BCUT2D eigenvalue weighted by atomic mass is 19.1. The van der Waals surface area contributed by atoms with E-state index in [4.69, 9.17) is 26.3 Å². The topological polar surface area (TPSA) is 119 Å². The number of rotatable bonds is 7. The largest absolute Gasteiger partial charge is 0.401 e. The number of allylic oxidation sites excluding steroid dienone is 1. The number of fused-ring (bicyclic) bond motifs is 3. The number of hydrogen-bond acceptors (Lipinski definition) is 8. The number of halogens is 1. The van der Waals surface area contributed by atoms with Gasteiger partial charge >= 0.3 is 0 Å². The molecule has 0 bridgehead atoms. The number of carbonyl (C=O) groups is 1. The van der Waals surface area contributed by atoms with E-state index in [1.807, 2.05) is 30.2 Å². The van der Waals surface area contributed by atoms with Crippen LogP contribution in [-0.2, 0) is 9.53 Å². The number of piperazine rings is 1. The molecule has 236 valence electrons. The molecule has 11 heteroatoms. The summed E-state index contributed by atoms with van der Waals surface area (Å²) in [5.41, 5.74) is 11.9. The summed E-state index contributed by atoms with van der Waals surface area (Å²) in [6.45, 7) is 6.02. The van der Waals surface area contributed by atoms with Gasteiger partial charge in [0.1, 0.15) is 17.3 Å². The molecule has 1 aromatic carbocycles. The van der Waals surface area contributed by atoms with Crippen LogP contribution in [0.4, 0.5) is 10.2 Å². The molecular formula is C34H41FN8O2. The highest BCUT2D eigenvalue weighted by Gasteiger charge is 2.35. The highest BCUT2D eigenvalue weighted by Crippen LogP contribution is 2.41. The van der Waals surface area contributed by atoms with E-state index in [0.717, 1.165) is 77.8 Å². The second-order valence-electron chi connectivity index (χ2n) is 12.7. The summed E-state index contributed by atoms with van der Waals surface area (Å²) < 4.78 is 22.3. The first-order valence-electron chi connectivity index (χ1n) is 15.9. The quantitative estimate of drug-likeness (QED) is 0.235. The maximum absolute atomic E-state index is 14.2. The summed E-state index contributed by atoms with van der Waals surface area (Å²) in [6, 6.07) is 13.0. The zero-order valence-corrected chi connectivity index (χ0v) is 26.0. The molecule has 10 nitrogen and oxygen atoms in total. The molecule has 45 heavy (non-hydrogen) atoms. The van der Waals surface area contributed by atoms with E-state index >= 15 is 0 Å². The Labute approximate surface area is 262 Å². The van der Waals surface area contributed by atoms with Crippen LogP contribution in [0.1, 0.15) is 49.8 Å². The number of anilines is 1. The molecule has 3 fully saturated rings. The van der Waals surface area contributed by atoms with E-state index in [2.05, 4.69) is 27.7 Å². The van der Waals surface area contributed by atoms with Gasteiger partial charge in [-0.1, -0.05) is 12.1 Å². The molecule has 0 unspecified atom stereocenters. The minimum atomic E-state index is -0.269. The number of nitrogens with zero attached hydrogens (tertiary/aromatic N) is 6. The average Bonchev–Trinajstić information content (AvgIpc) is 3.85. The lowest BCUT2D eigenvalue weighted by Crippen LogP contribution is -2.49. The molecule has 3 aliphatic rings. The van der Waals surface area contributed by atoms with Gasteiger partial charge in [0.05, 0.1) is 22.8 Å². The van der Waals surface area contributed by atoms with Crippen LogP contribution in [0.15, 0.2) is 54.4 Å². The molecule has 1 saturated carbocycles. The molecule has 0 spiro atoms. The Kier molecular flexibility index (Phi) is 7.83. The molecular weight excluding hydrogens is 571 g/mol. The number of nitrogens with two attached hydrogens (primary N) is 2. The van der Waals surface area contributed by atoms with Gasteiger partial charge in [0, 0.05) is 75.2 Å². The summed E-state index contributed by atoms with van der Waals surface area (Å²) in [6.07, 6.45) is 5.58. The molecule has 4 N–H and O–H groups in total. The monoisotopic (exact) mass is 612 g/mol. The lowest BCUT2D eigenvalue weighted by atomic mass is 9.86. The first-order chi connectivity index (χ1) is 21.8. The van der Waals surface area contributed by atoms with Crippen molar-refractivity contribution < 1.29 is 13.9 Å². The van der Waals surface area contributed by atoms with Crippen molar-refractivity contribution in [2.45, 2.75) is 38.6 Å². The van der Waals surface area contributed by atoms with Crippen molar-refractivity contribution in [2.24, 2.45) is 23.4 Å².